The SMILES string of the molecule is CSC1(CNc2cc(C)nc(C)c2C#N)CCCC1. The van der Waals surface area contributed by atoms with Crippen molar-refractivity contribution >= 4 is 17.4 Å². The molecule has 0 aromatic carbocycles. The second-order valence-electron chi connectivity index (χ2n) is 5.33. The van der Waals surface area contributed by atoms with Gasteiger partial charge in [0.2, 0.25) is 0 Å². The highest BCUT2D eigenvalue weighted by Crippen LogP contribution is 2.40. The van der Waals surface area contributed by atoms with Crippen molar-refractivity contribution in [1.29, 1.82) is 5.26 Å². The third kappa shape index (κ3) is 3.03. The summed E-state index contributed by atoms with van der Waals surface area (Å²) in [6.45, 7) is 4.81. The van der Waals surface area contributed by atoms with Crippen LogP contribution in [0.25, 0.3) is 0 Å². The molecule has 0 spiro atoms. The van der Waals surface area contributed by atoms with Gasteiger partial charge in [0.25, 0.3) is 0 Å². The molecular weight excluding hydrogens is 254 g/mol. The van der Waals surface area contributed by atoms with Crippen molar-refractivity contribution in [1.82, 2.24) is 4.98 Å². The first-order valence-electron chi connectivity index (χ1n) is 6.77. The zero-order valence-electron chi connectivity index (χ0n) is 11.9. The molecule has 1 aromatic heterocycles. The monoisotopic (exact) mass is 275 g/mol. The lowest BCUT2D eigenvalue weighted by Crippen LogP contribution is -2.30. The van der Waals surface area contributed by atoms with E-state index in [1.807, 2.05) is 31.7 Å². The highest BCUT2D eigenvalue weighted by molar-refractivity contribution is 8.00. The lowest BCUT2D eigenvalue weighted by atomic mass is 10.1. The Morgan fingerprint density at radius 2 is 2.11 bits per heavy atom. The fraction of sp³-hybridized carbons (Fsp3) is 0.600. The molecule has 1 N–H and O–H groups in total. The van der Waals surface area contributed by atoms with Crippen LogP contribution in [0.5, 0.6) is 0 Å². The zero-order chi connectivity index (χ0) is 13.9. The van der Waals surface area contributed by atoms with E-state index in [4.69, 9.17) is 0 Å². The molecule has 4 heteroatoms. The number of hydrogen-bond donors (Lipinski definition) is 1. The van der Waals surface area contributed by atoms with Crippen molar-refractivity contribution in [3.8, 4) is 6.07 Å². The van der Waals surface area contributed by atoms with Crippen LogP contribution in [0.4, 0.5) is 5.69 Å². The molecule has 0 saturated heterocycles. The first-order valence-corrected chi connectivity index (χ1v) is 8.00. The van der Waals surface area contributed by atoms with Crippen LogP contribution >= 0.6 is 11.8 Å². The van der Waals surface area contributed by atoms with Gasteiger partial charge in [-0.15, -0.1) is 0 Å². The van der Waals surface area contributed by atoms with Crippen molar-refractivity contribution in [3.05, 3.63) is 23.0 Å². The molecular formula is C15H21N3S. The minimum absolute atomic E-state index is 0.345. The van der Waals surface area contributed by atoms with Crippen LogP contribution < -0.4 is 5.32 Å². The summed E-state index contributed by atoms with van der Waals surface area (Å²) in [6, 6.07) is 4.25. The highest BCUT2D eigenvalue weighted by atomic mass is 32.2. The summed E-state index contributed by atoms with van der Waals surface area (Å²) in [5.41, 5.74) is 3.39. The molecule has 19 heavy (non-hydrogen) atoms. The van der Waals surface area contributed by atoms with E-state index >= 15 is 0 Å². The van der Waals surface area contributed by atoms with E-state index in [1.165, 1.54) is 25.7 Å². The molecule has 102 valence electrons. The number of thioether (sulfide) groups is 1. The Labute approximate surface area is 119 Å². The number of aryl methyl sites for hydroxylation is 2. The smallest absolute Gasteiger partial charge is 0.103 e. The van der Waals surface area contributed by atoms with Crippen LogP contribution in [0.15, 0.2) is 6.07 Å². The van der Waals surface area contributed by atoms with Crippen LogP contribution in [0.3, 0.4) is 0 Å². The van der Waals surface area contributed by atoms with E-state index in [2.05, 4.69) is 22.6 Å². The van der Waals surface area contributed by atoms with Crippen molar-refractivity contribution in [2.45, 2.75) is 44.3 Å². The molecule has 0 amide bonds. The molecule has 0 radical (unpaired) electrons. The number of pyridine rings is 1. The topological polar surface area (TPSA) is 48.7 Å². The lowest BCUT2D eigenvalue weighted by molar-refractivity contribution is 0.639. The second-order valence-corrected chi connectivity index (χ2v) is 6.61. The van der Waals surface area contributed by atoms with Gasteiger partial charge in [-0.25, -0.2) is 0 Å². The number of hydrogen-bond acceptors (Lipinski definition) is 4. The summed E-state index contributed by atoms with van der Waals surface area (Å²) >= 11 is 1.96. The maximum atomic E-state index is 9.27. The van der Waals surface area contributed by atoms with Gasteiger partial charge in [-0.3, -0.25) is 4.98 Å². The van der Waals surface area contributed by atoms with E-state index in [0.717, 1.165) is 23.6 Å². The fourth-order valence-corrected chi connectivity index (χ4v) is 3.75. The minimum atomic E-state index is 0.345. The van der Waals surface area contributed by atoms with Crippen LogP contribution in [-0.4, -0.2) is 22.5 Å². The van der Waals surface area contributed by atoms with Crippen molar-refractivity contribution in [2.75, 3.05) is 18.1 Å². The van der Waals surface area contributed by atoms with Gasteiger partial charge in [0, 0.05) is 17.0 Å². The largest absolute Gasteiger partial charge is 0.382 e. The number of anilines is 1. The van der Waals surface area contributed by atoms with Gasteiger partial charge in [0.15, 0.2) is 0 Å². The number of nitriles is 1. The standard InChI is InChI=1S/C15H21N3S/c1-11-8-14(13(9-16)12(2)18-11)17-10-15(19-3)6-4-5-7-15/h8H,4-7,10H2,1-3H3,(H,17,18). The summed E-state index contributed by atoms with van der Waals surface area (Å²) in [5.74, 6) is 0. The van der Waals surface area contributed by atoms with E-state index in [-0.39, 0.29) is 0 Å². The van der Waals surface area contributed by atoms with E-state index in [0.29, 0.717) is 10.3 Å². The molecule has 2 rings (SSSR count). The molecule has 3 nitrogen and oxygen atoms in total. The first kappa shape index (κ1) is 14.2. The van der Waals surface area contributed by atoms with Gasteiger partial charge in [-0.1, -0.05) is 12.8 Å². The van der Waals surface area contributed by atoms with Crippen molar-refractivity contribution in [3.63, 3.8) is 0 Å². The Balaban J connectivity index is 2.17. The molecule has 1 heterocycles. The average Bonchev–Trinajstić information content (AvgIpc) is 2.85. The van der Waals surface area contributed by atoms with E-state index < -0.39 is 0 Å². The second kappa shape index (κ2) is 5.83. The predicted molar refractivity (Wildman–Crippen MR) is 81.6 cm³/mol. The van der Waals surface area contributed by atoms with Crippen molar-refractivity contribution < 1.29 is 0 Å². The van der Waals surface area contributed by atoms with Crippen LogP contribution in [0.1, 0.15) is 42.6 Å². The summed E-state index contributed by atoms with van der Waals surface area (Å²) in [4.78, 5) is 4.35. The van der Waals surface area contributed by atoms with Crippen LogP contribution in [-0.2, 0) is 0 Å². The van der Waals surface area contributed by atoms with Gasteiger partial charge in [-0.2, -0.15) is 17.0 Å². The average molecular weight is 275 g/mol. The van der Waals surface area contributed by atoms with Gasteiger partial charge in [0.05, 0.1) is 16.9 Å². The number of rotatable bonds is 4. The van der Waals surface area contributed by atoms with E-state index in [1.54, 1.807) is 0 Å². The Bertz CT molecular complexity index is 499. The minimum Gasteiger partial charge on any atom is -0.382 e. The molecule has 1 aromatic rings. The third-order valence-corrected chi connectivity index (χ3v) is 5.41. The van der Waals surface area contributed by atoms with E-state index in [9.17, 15) is 5.26 Å². The van der Waals surface area contributed by atoms with Gasteiger partial charge >= 0.3 is 0 Å². The first-order chi connectivity index (χ1) is 9.10. The summed E-state index contributed by atoms with van der Waals surface area (Å²) in [7, 11) is 0. The molecule has 0 aliphatic heterocycles. The summed E-state index contributed by atoms with van der Waals surface area (Å²) in [5, 5.41) is 12.8. The number of aromatic nitrogens is 1. The Morgan fingerprint density at radius 1 is 1.42 bits per heavy atom. The van der Waals surface area contributed by atoms with Crippen molar-refractivity contribution in [2.24, 2.45) is 0 Å². The molecule has 0 atom stereocenters. The molecule has 0 bridgehead atoms. The van der Waals surface area contributed by atoms with Crippen LogP contribution in [0.2, 0.25) is 0 Å². The highest BCUT2D eigenvalue weighted by Gasteiger charge is 2.32. The Hall–Kier alpha value is -1.21. The molecule has 1 fully saturated rings. The van der Waals surface area contributed by atoms with Gasteiger partial charge in [0.1, 0.15) is 6.07 Å². The molecule has 1 saturated carbocycles. The normalized spacial score (nSPS) is 17.2. The van der Waals surface area contributed by atoms with Gasteiger partial charge in [-0.05, 0) is 39.0 Å². The Morgan fingerprint density at radius 3 is 2.68 bits per heavy atom. The number of nitrogens with zero attached hydrogens (tertiary/aromatic N) is 2. The maximum Gasteiger partial charge on any atom is 0.103 e. The summed E-state index contributed by atoms with van der Waals surface area (Å²) in [6.07, 6.45) is 7.38. The zero-order valence-corrected chi connectivity index (χ0v) is 12.7. The molecule has 1 aliphatic carbocycles. The van der Waals surface area contributed by atoms with Gasteiger partial charge < -0.3 is 5.32 Å². The quantitative estimate of drug-likeness (QED) is 0.911. The number of nitrogens with one attached hydrogen (secondary N) is 1. The summed E-state index contributed by atoms with van der Waals surface area (Å²) < 4.78 is 0.345. The lowest BCUT2D eigenvalue weighted by Gasteiger charge is -2.28. The van der Waals surface area contributed by atoms with Crippen LogP contribution in [0, 0.1) is 25.2 Å². The maximum absolute atomic E-state index is 9.27. The fourth-order valence-electron chi connectivity index (χ4n) is 2.84. The predicted octanol–water partition coefficient (Wildman–Crippen LogP) is 3.66. The molecule has 0 unspecified atom stereocenters. The Kier molecular flexibility index (Phi) is 4.36. The third-order valence-electron chi connectivity index (χ3n) is 3.99. The molecule has 1 aliphatic rings.